The number of rotatable bonds is 8. The van der Waals surface area contributed by atoms with E-state index in [0.717, 1.165) is 22.6 Å². The van der Waals surface area contributed by atoms with Gasteiger partial charge in [-0.2, -0.15) is 0 Å². The number of ether oxygens (including phenoxy) is 1. The van der Waals surface area contributed by atoms with Gasteiger partial charge in [0.05, 0.1) is 18.1 Å². The fourth-order valence-electron chi connectivity index (χ4n) is 2.37. The lowest BCUT2D eigenvalue weighted by molar-refractivity contribution is -0.114. The molecule has 6 heteroatoms. The molecule has 0 unspecified atom stereocenters. The van der Waals surface area contributed by atoms with Crippen LogP contribution in [0.2, 0.25) is 0 Å². The largest absolute Gasteiger partial charge is 0.494 e. The molecule has 0 aliphatic carbocycles. The van der Waals surface area contributed by atoms with Gasteiger partial charge in [0.2, 0.25) is 11.8 Å². The lowest BCUT2D eigenvalue weighted by Gasteiger charge is -2.09. The van der Waals surface area contributed by atoms with Gasteiger partial charge >= 0.3 is 0 Å². The van der Waals surface area contributed by atoms with E-state index in [1.165, 1.54) is 11.8 Å². The van der Waals surface area contributed by atoms with E-state index in [1.807, 2.05) is 51.1 Å². The third-order valence-electron chi connectivity index (χ3n) is 3.57. The Bertz CT molecular complexity index is 760. The molecule has 2 N–H and O–H groups in total. The van der Waals surface area contributed by atoms with Crippen molar-refractivity contribution < 1.29 is 14.3 Å². The molecule has 2 aromatic rings. The van der Waals surface area contributed by atoms with Crippen LogP contribution < -0.4 is 15.4 Å². The van der Waals surface area contributed by atoms with Gasteiger partial charge in [-0.15, -0.1) is 11.8 Å². The maximum Gasteiger partial charge on any atom is 0.234 e. The van der Waals surface area contributed by atoms with E-state index in [-0.39, 0.29) is 23.3 Å². The van der Waals surface area contributed by atoms with Gasteiger partial charge in [0.15, 0.2) is 0 Å². The smallest absolute Gasteiger partial charge is 0.234 e. The Morgan fingerprint density at radius 2 is 1.62 bits per heavy atom. The van der Waals surface area contributed by atoms with Gasteiger partial charge < -0.3 is 15.4 Å². The van der Waals surface area contributed by atoms with E-state index in [4.69, 9.17) is 4.74 Å². The van der Waals surface area contributed by atoms with Gasteiger partial charge in [0, 0.05) is 11.4 Å². The van der Waals surface area contributed by atoms with Crippen molar-refractivity contribution in [2.75, 3.05) is 28.7 Å². The van der Waals surface area contributed by atoms with E-state index >= 15 is 0 Å². The van der Waals surface area contributed by atoms with Gasteiger partial charge in [-0.3, -0.25) is 9.59 Å². The highest BCUT2D eigenvalue weighted by Crippen LogP contribution is 2.17. The summed E-state index contributed by atoms with van der Waals surface area (Å²) in [7, 11) is 0. The Balaban J connectivity index is 1.72. The SMILES string of the molecule is CCOc1ccc(NC(=O)CSCC(=O)Nc2ccc(C)cc2C)cc1. The molecule has 2 aromatic carbocycles. The third kappa shape index (κ3) is 6.44. The summed E-state index contributed by atoms with van der Waals surface area (Å²) < 4.78 is 5.36. The lowest BCUT2D eigenvalue weighted by atomic mass is 10.1. The van der Waals surface area contributed by atoms with Crippen molar-refractivity contribution in [3.63, 3.8) is 0 Å². The predicted molar refractivity (Wildman–Crippen MR) is 108 cm³/mol. The number of carbonyl (C=O) groups excluding carboxylic acids is 2. The summed E-state index contributed by atoms with van der Waals surface area (Å²) in [5, 5.41) is 5.68. The van der Waals surface area contributed by atoms with Crippen LogP contribution in [0.5, 0.6) is 5.75 Å². The second-order valence-electron chi connectivity index (χ2n) is 5.86. The van der Waals surface area contributed by atoms with Crippen LogP contribution in [0.15, 0.2) is 42.5 Å². The van der Waals surface area contributed by atoms with Gasteiger partial charge in [0.25, 0.3) is 0 Å². The van der Waals surface area contributed by atoms with Crippen molar-refractivity contribution in [3.05, 3.63) is 53.6 Å². The molecule has 0 bridgehead atoms. The maximum absolute atomic E-state index is 12.0. The molecule has 0 fully saturated rings. The molecule has 26 heavy (non-hydrogen) atoms. The lowest BCUT2D eigenvalue weighted by Crippen LogP contribution is -2.18. The monoisotopic (exact) mass is 372 g/mol. The van der Waals surface area contributed by atoms with Crippen LogP contribution in [0.1, 0.15) is 18.1 Å². The summed E-state index contributed by atoms with van der Waals surface area (Å²) in [5.41, 5.74) is 3.69. The van der Waals surface area contributed by atoms with Crippen LogP contribution in [0, 0.1) is 13.8 Å². The summed E-state index contributed by atoms with van der Waals surface area (Å²) in [6.45, 7) is 6.49. The molecular weight excluding hydrogens is 348 g/mol. The van der Waals surface area contributed by atoms with Crippen molar-refractivity contribution >= 4 is 35.0 Å². The molecule has 0 aliphatic heterocycles. The first kappa shape index (κ1) is 19.8. The normalized spacial score (nSPS) is 10.3. The molecule has 0 aromatic heterocycles. The number of nitrogens with one attached hydrogen (secondary N) is 2. The second kappa shape index (κ2) is 9.87. The van der Waals surface area contributed by atoms with Crippen LogP contribution in [-0.4, -0.2) is 29.9 Å². The van der Waals surface area contributed by atoms with Gasteiger partial charge in [-0.25, -0.2) is 0 Å². The minimum atomic E-state index is -0.140. The Hall–Kier alpha value is -2.47. The first-order valence-electron chi connectivity index (χ1n) is 8.45. The van der Waals surface area contributed by atoms with Crippen LogP contribution in [-0.2, 0) is 9.59 Å². The van der Waals surface area contributed by atoms with Gasteiger partial charge in [0.1, 0.15) is 5.75 Å². The van der Waals surface area contributed by atoms with Gasteiger partial charge in [-0.1, -0.05) is 17.7 Å². The van der Waals surface area contributed by atoms with Gasteiger partial charge in [-0.05, 0) is 56.7 Å². The molecule has 138 valence electrons. The average Bonchev–Trinajstić information content (AvgIpc) is 2.59. The molecule has 2 amide bonds. The summed E-state index contributed by atoms with van der Waals surface area (Å²) in [5.74, 6) is 0.953. The van der Waals surface area contributed by atoms with Crippen molar-refractivity contribution in [1.29, 1.82) is 0 Å². The fraction of sp³-hybridized carbons (Fsp3) is 0.300. The van der Waals surface area contributed by atoms with E-state index in [0.29, 0.717) is 12.3 Å². The number of thioether (sulfide) groups is 1. The molecule has 0 spiro atoms. The van der Waals surface area contributed by atoms with Crippen LogP contribution in [0.4, 0.5) is 11.4 Å². The molecule has 0 radical (unpaired) electrons. The zero-order chi connectivity index (χ0) is 18.9. The van der Waals surface area contributed by atoms with Crippen LogP contribution in [0.25, 0.3) is 0 Å². The highest BCUT2D eigenvalue weighted by atomic mass is 32.2. The Morgan fingerprint density at radius 3 is 2.23 bits per heavy atom. The van der Waals surface area contributed by atoms with Crippen molar-refractivity contribution in [1.82, 2.24) is 0 Å². The van der Waals surface area contributed by atoms with Crippen molar-refractivity contribution in [2.24, 2.45) is 0 Å². The first-order valence-corrected chi connectivity index (χ1v) is 9.61. The second-order valence-corrected chi connectivity index (χ2v) is 6.85. The molecular formula is C20H24N2O3S. The predicted octanol–water partition coefficient (Wildman–Crippen LogP) is 4.01. The van der Waals surface area contributed by atoms with Crippen molar-refractivity contribution in [2.45, 2.75) is 20.8 Å². The number of hydrogen-bond donors (Lipinski definition) is 2. The zero-order valence-corrected chi connectivity index (χ0v) is 16.1. The summed E-state index contributed by atoms with van der Waals surface area (Å²) in [6, 6.07) is 13.1. The highest BCUT2D eigenvalue weighted by molar-refractivity contribution is 8.00. The summed E-state index contributed by atoms with van der Waals surface area (Å²) >= 11 is 1.28. The maximum atomic E-state index is 12.0. The molecule has 2 rings (SSSR count). The summed E-state index contributed by atoms with van der Waals surface area (Å²) in [6.07, 6.45) is 0. The standard InChI is InChI=1S/C20H24N2O3S/c1-4-25-17-8-6-16(7-9-17)21-19(23)12-26-13-20(24)22-18-10-5-14(2)11-15(18)3/h5-11H,4,12-13H2,1-3H3,(H,21,23)(H,22,24). The Kier molecular flexibility index (Phi) is 7.53. The average molecular weight is 372 g/mol. The third-order valence-corrected chi connectivity index (χ3v) is 4.50. The number of hydrogen-bond acceptors (Lipinski definition) is 4. The molecule has 0 heterocycles. The number of amides is 2. The van der Waals surface area contributed by atoms with Crippen LogP contribution in [0.3, 0.4) is 0 Å². The Morgan fingerprint density at radius 1 is 0.962 bits per heavy atom. The molecule has 0 atom stereocenters. The number of benzene rings is 2. The highest BCUT2D eigenvalue weighted by Gasteiger charge is 2.08. The molecule has 0 saturated heterocycles. The fourth-order valence-corrected chi connectivity index (χ4v) is 2.99. The zero-order valence-electron chi connectivity index (χ0n) is 15.3. The number of aryl methyl sites for hydroxylation is 2. The molecule has 0 saturated carbocycles. The first-order chi connectivity index (χ1) is 12.5. The number of anilines is 2. The van der Waals surface area contributed by atoms with E-state index in [2.05, 4.69) is 10.6 Å². The topological polar surface area (TPSA) is 67.4 Å². The quantitative estimate of drug-likeness (QED) is 0.735. The van der Waals surface area contributed by atoms with E-state index in [9.17, 15) is 9.59 Å². The van der Waals surface area contributed by atoms with Crippen molar-refractivity contribution in [3.8, 4) is 5.75 Å². The Labute approximate surface area is 158 Å². The summed E-state index contributed by atoms with van der Waals surface area (Å²) in [4.78, 5) is 24.0. The molecule has 0 aliphatic rings. The number of carbonyl (C=O) groups is 2. The van der Waals surface area contributed by atoms with E-state index < -0.39 is 0 Å². The van der Waals surface area contributed by atoms with E-state index in [1.54, 1.807) is 12.1 Å². The minimum Gasteiger partial charge on any atom is -0.494 e. The minimum absolute atomic E-state index is 0.115. The molecule has 5 nitrogen and oxygen atoms in total. The van der Waals surface area contributed by atoms with Crippen LogP contribution >= 0.6 is 11.8 Å².